The van der Waals surface area contributed by atoms with E-state index in [-0.39, 0.29) is 6.04 Å². The molecule has 0 spiro atoms. The fourth-order valence-electron chi connectivity index (χ4n) is 1.62. The predicted octanol–water partition coefficient (Wildman–Crippen LogP) is 2.89. The second kappa shape index (κ2) is 4.67. The number of ether oxygens (including phenoxy) is 1. The van der Waals surface area contributed by atoms with Crippen LogP contribution >= 0.6 is 0 Å². The number of nitrogens with two attached hydrogens (primary N) is 1. The maximum Gasteiger partial charge on any atom is 0.119 e. The van der Waals surface area contributed by atoms with Gasteiger partial charge >= 0.3 is 0 Å². The van der Waals surface area contributed by atoms with E-state index < -0.39 is 0 Å². The Morgan fingerprint density at radius 1 is 1.33 bits per heavy atom. The van der Waals surface area contributed by atoms with Gasteiger partial charge in [-0.1, -0.05) is 25.0 Å². The minimum absolute atomic E-state index is 0.102. The second-order valence-corrected chi connectivity index (χ2v) is 4.44. The third kappa shape index (κ3) is 3.24. The van der Waals surface area contributed by atoms with Crippen LogP contribution in [0.5, 0.6) is 5.75 Å². The third-order valence-corrected chi connectivity index (χ3v) is 2.90. The third-order valence-electron chi connectivity index (χ3n) is 2.90. The predicted molar refractivity (Wildman–Crippen MR) is 61.9 cm³/mol. The quantitative estimate of drug-likeness (QED) is 0.802. The summed E-state index contributed by atoms with van der Waals surface area (Å²) in [5, 5.41) is 0. The van der Waals surface area contributed by atoms with Crippen molar-refractivity contribution in [3.05, 3.63) is 29.8 Å². The van der Waals surface area contributed by atoms with Crippen LogP contribution in [0.4, 0.5) is 0 Å². The highest BCUT2D eigenvalue weighted by Crippen LogP contribution is 2.32. The normalized spacial score (nSPS) is 17.5. The van der Waals surface area contributed by atoms with Gasteiger partial charge in [0.15, 0.2) is 0 Å². The van der Waals surface area contributed by atoms with Gasteiger partial charge in [-0.15, -0.1) is 0 Å². The van der Waals surface area contributed by atoms with Gasteiger partial charge in [-0.2, -0.15) is 0 Å². The van der Waals surface area contributed by atoms with Gasteiger partial charge in [0.05, 0.1) is 6.61 Å². The molecule has 0 heterocycles. The molecule has 2 nitrogen and oxygen atoms in total. The van der Waals surface area contributed by atoms with Crippen molar-refractivity contribution in [2.75, 3.05) is 6.61 Å². The molecule has 0 unspecified atom stereocenters. The molecule has 2 N–H and O–H groups in total. The number of hydrogen-bond acceptors (Lipinski definition) is 2. The molecule has 1 fully saturated rings. The zero-order chi connectivity index (χ0) is 10.7. The van der Waals surface area contributed by atoms with Gasteiger partial charge in [-0.3, -0.25) is 0 Å². The highest BCUT2D eigenvalue weighted by Gasteiger charge is 2.20. The van der Waals surface area contributed by atoms with E-state index in [4.69, 9.17) is 10.5 Å². The molecule has 1 atom stereocenters. The molecule has 2 heteroatoms. The van der Waals surface area contributed by atoms with E-state index in [0.717, 1.165) is 23.8 Å². The van der Waals surface area contributed by atoms with Crippen molar-refractivity contribution in [2.24, 2.45) is 11.7 Å². The van der Waals surface area contributed by atoms with Crippen molar-refractivity contribution in [3.63, 3.8) is 0 Å². The number of hydrogen-bond donors (Lipinski definition) is 1. The van der Waals surface area contributed by atoms with Crippen LogP contribution in [-0.4, -0.2) is 6.61 Å². The Morgan fingerprint density at radius 2 is 2.00 bits per heavy atom. The average Bonchev–Trinajstić information content (AvgIpc) is 3.02. The monoisotopic (exact) mass is 205 g/mol. The first kappa shape index (κ1) is 10.5. The lowest BCUT2D eigenvalue weighted by Gasteiger charge is -2.08. The summed E-state index contributed by atoms with van der Waals surface area (Å²) in [5.41, 5.74) is 6.93. The molecule has 82 valence electrons. The summed E-state index contributed by atoms with van der Waals surface area (Å²) in [6, 6.07) is 8.19. The van der Waals surface area contributed by atoms with Crippen molar-refractivity contribution in [1.82, 2.24) is 0 Å². The first-order valence-electron chi connectivity index (χ1n) is 5.74. The molecule has 1 aliphatic rings. The Balaban J connectivity index is 1.80. The van der Waals surface area contributed by atoms with Crippen LogP contribution < -0.4 is 10.5 Å². The van der Waals surface area contributed by atoms with Crippen molar-refractivity contribution in [3.8, 4) is 5.75 Å². The molecular formula is C13H19NO. The van der Waals surface area contributed by atoms with E-state index >= 15 is 0 Å². The molecule has 0 aliphatic heterocycles. The van der Waals surface area contributed by atoms with Gasteiger partial charge in [0.25, 0.3) is 0 Å². The molecule has 15 heavy (non-hydrogen) atoms. The Kier molecular flexibility index (Phi) is 3.27. The molecule has 1 aromatic rings. The van der Waals surface area contributed by atoms with Gasteiger partial charge < -0.3 is 10.5 Å². The molecule has 0 bridgehead atoms. The lowest BCUT2D eigenvalue weighted by atomic mass is 10.1. The second-order valence-electron chi connectivity index (χ2n) is 4.44. The van der Waals surface area contributed by atoms with Crippen LogP contribution in [0.2, 0.25) is 0 Å². The van der Waals surface area contributed by atoms with Crippen molar-refractivity contribution in [2.45, 2.75) is 32.2 Å². The van der Waals surface area contributed by atoms with Gasteiger partial charge in [-0.05, 0) is 37.0 Å². The topological polar surface area (TPSA) is 35.2 Å². The first-order chi connectivity index (χ1) is 7.25. The summed E-state index contributed by atoms with van der Waals surface area (Å²) >= 11 is 0. The van der Waals surface area contributed by atoms with Crippen LogP contribution in [0.15, 0.2) is 24.3 Å². The van der Waals surface area contributed by atoms with Crippen LogP contribution in [0.3, 0.4) is 0 Å². The highest BCUT2D eigenvalue weighted by atomic mass is 16.5. The smallest absolute Gasteiger partial charge is 0.119 e. The fourth-order valence-corrected chi connectivity index (χ4v) is 1.62. The fraction of sp³-hybridized carbons (Fsp3) is 0.538. The van der Waals surface area contributed by atoms with Gasteiger partial charge in [0.1, 0.15) is 5.75 Å². The maximum atomic E-state index is 5.77. The molecular weight excluding hydrogens is 186 g/mol. The van der Waals surface area contributed by atoms with E-state index in [9.17, 15) is 0 Å². The summed E-state index contributed by atoms with van der Waals surface area (Å²) in [5.74, 6) is 1.90. The number of benzene rings is 1. The Hall–Kier alpha value is -1.02. The van der Waals surface area contributed by atoms with Crippen LogP contribution in [0, 0.1) is 5.92 Å². The highest BCUT2D eigenvalue weighted by molar-refractivity contribution is 5.28. The minimum atomic E-state index is 0.102. The van der Waals surface area contributed by atoms with Crippen molar-refractivity contribution < 1.29 is 4.74 Å². The molecule has 1 aliphatic carbocycles. The summed E-state index contributed by atoms with van der Waals surface area (Å²) in [4.78, 5) is 0. The molecule has 0 aromatic heterocycles. The molecule has 0 amide bonds. The maximum absolute atomic E-state index is 5.77. The molecule has 0 saturated heterocycles. The van der Waals surface area contributed by atoms with Crippen LogP contribution in [-0.2, 0) is 0 Å². The molecule has 0 radical (unpaired) electrons. The van der Waals surface area contributed by atoms with Crippen molar-refractivity contribution in [1.29, 1.82) is 0 Å². The van der Waals surface area contributed by atoms with E-state index in [1.807, 2.05) is 31.2 Å². The Bertz CT molecular complexity index is 301. The van der Waals surface area contributed by atoms with E-state index in [1.165, 1.54) is 19.3 Å². The van der Waals surface area contributed by atoms with Crippen LogP contribution in [0.25, 0.3) is 0 Å². The van der Waals surface area contributed by atoms with Gasteiger partial charge in [0, 0.05) is 6.04 Å². The lowest BCUT2D eigenvalue weighted by molar-refractivity contribution is 0.302. The molecule has 1 saturated carbocycles. The minimum Gasteiger partial charge on any atom is -0.494 e. The molecule has 1 aromatic carbocycles. The van der Waals surface area contributed by atoms with E-state index in [2.05, 4.69) is 0 Å². The van der Waals surface area contributed by atoms with Crippen LogP contribution in [0.1, 0.15) is 37.8 Å². The van der Waals surface area contributed by atoms with E-state index in [1.54, 1.807) is 0 Å². The van der Waals surface area contributed by atoms with Gasteiger partial charge in [0.2, 0.25) is 0 Å². The van der Waals surface area contributed by atoms with Gasteiger partial charge in [-0.25, -0.2) is 0 Å². The lowest BCUT2D eigenvalue weighted by Crippen LogP contribution is -2.04. The molecule has 2 rings (SSSR count). The summed E-state index contributed by atoms with van der Waals surface area (Å²) in [6.07, 6.45) is 4.00. The SMILES string of the molecule is C[C@H](N)c1ccc(OCCC2CC2)cc1. The Morgan fingerprint density at radius 3 is 2.53 bits per heavy atom. The summed E-state index contributed by atoms with van der Waals surface area (Å²) < 4.78 is 5.65. The summed E-state index contributed by atoms with van der Waals surface area (Å²) in [7, 11) is 0. The standard InChI is InChI=1S/C13H19NO/c1-10(14)12-4-6-13(7-5-12)15-9-8-11-2-3-11/h4-7,10-11H,2-3,8-9,14H2,1H3/t10-/m0/s1. The number of rotatable bonds is 5. The largest absolute Gasteiger partial charge is 0.494 e. The Labute approximate surface area is 91.4 Å². The zero-order valence-corrected chi connectivity index (χ0v) is 9.28. The summed E-state index contributed by atoms with van der Waals surface area (Å²) in [6.45, 7) is 2.84. The average molecular weight is 205 g/mol. The first-order valence-corrected chi connectivity index (χ1v) is 5.74. The zero-order valence-electron chi connectivity index (χ0n) is 9.28. The van der Waals surface area contributed by atoms with E-state index in [0.29, 0.717) is 0 Å². The van der Waals surface area contributed by atoms with Crippen molar-refractivity contribution >= 4 is 0 Å².